The van der Waals surface area contributed by atoms with Crippen LogP contribution in [0.4, 0.5) is 4.39 Å². The Labute approximate surface area is 105 Å². The number of hydrogen-bond donors (Lipinski definition) is 1. The summed E-state index contributed by atoms with van der Waals surface area (Å²) in [5.74, 6) is -0.932. The minimum Gasteiger partial charge on any atom is -0.352 e. The number of aromatic nitrogens is 1. The average Bonchev–Trinajstić information content (AvgIpc) is 2.40. The van der Waals surface area contributed by atoms with Gasteiger partial charge in [-0.3, -0.25) is 4.79 Å². The highest BCUT2D eigenvalue weighted by atomic mass is 19.1. The van der Waals surface area contributed by atoms with Gasteiger partial charge in [0, 0.05) is 24.4 Å². The van der Waals surface area contributed by atoms with E-state index in [1.54, 1.807) is 0 Å². The maximum absolute atomic E-state index is 12.8. The van der Waals surface area contributed by atoms with Crippen LogP contribution in [0.25, 0.3) is 0 Å². The molecule has 3 nitrogen and oxygen atoms in total. The number of nitrogens with one attached hydrogen (secondary N) is 1. The summed E-state index contributed by atoms with van der Waals surface area (Å²) < 4.78 is 12.8. The number of carbonyl (C=O) groups is 1. The van der Waals surface area contributed by atoms with E-state index in [-0.39, 0.29) is 11.5 Å². The molecule has 1 aromatic carbocycles. The van der Waals surface area contributed by atoms with Gasteiger partial charge >= 0.3 is 0 Å². The number of amides is 1. The largest absolute Gasteiger partial charge is 0.352 e. The molecule has 2 aromatic rings. The minimum absolute atomic E-state index is 0.285. The van der Waals surface area contributed by atoms with Crippen molar-refractivity contribution < 1.29 is 9.18 Å². The first kappa shape index (κ1) is 12.2. The number of pyridine rings is 1. The van der Waals surface area contributed by atoms with Crippen molar-refractivity contribution in [1.29, 1.82) is 0 Å². The molecular weight excluding hydrogens is 231 g/mol. The van der Waals surface area contributed by atoms with E-state index in [0.717, 1.165) is 18.1 Å². The van der Waals surface area contributed by atoms with Crippen molar-refractivity contribution in [2.75, 3.05) is 6.54 Å². The zero-order valence-electron chi connectivity index (χ0n) is 9.77. The van der Waals surface area contributed by atoms with Crippen LogP contribution in [0.2, 0.25) is 0 Å². The number of halogens is 1. The third-order valence-electron chi connectivity index (χ3n) is 2.53. The Kier molecular flexibility index (Phi) is 4.02. The van der Waals surface area contributed by atoms with Crippen molar-refractivity contribution in [3.05, 3.63) is 65.7 Å². The standard InChI is InChI=1S/C14H13FN2O/c15-13-10-12(7-9-16-13)14(18)17-8-6-11-4-2-1-3-5-11/h1-5,7,9-10H,6,8H2,(H,17,18). The van der Waals surface area contributed by atoms with Crippen molar-refractivity contribution in [2.24, 2.45) is 0 Å². The molecule has 0 radical (unpaired) electrons. The van der Waals surface area contributed by atoms with Crippen molar-refractivity contribution in [3.63, 3.8) is 0 Å². The lowest BCUT2D eigenvalue weighted by Gasteiger charge is -2.05. The summed E-state index contributed by atoms with van der Waals surface area (Å²) >= 11 is 0. The molecule has 1 heterocycles. The Morgan fingerprint density at radius 3 is 2.72 bits per heavy atom. The molecule has 2 rings (SSSR count). The second kappa shape index (κ2) is 5.91. The molecule has 1 amide bonds. The van der Waals surface area contributed by atoms with E-state index in [1.807, 2.05) is 30.3 Å². The Morgan fingerprint density at radius 1 is 1.22 bits per heavy atom. The van der Waals surface area contributed by atoms with Crippen LogP contribution in [0.5, 0.6) is 0 Å². The number of hydrogen-bond acceptors (Lipinski definition) is 2. The second-order valence-electron chi connectivity index (χ2n) is 3.86. The summed E-state index contributed by atoms with van der Waals surface area (Å²) in [6, 6.07) is 12.5. The Morgan fingerprint density at radius 2 is 2.00 bits per heavy atom. The summed E-state index contributed by atoms with van der Waals surface area (Å²) in [6.07, 6.45) is 2.03. The highest BCUT2D eigenvalue weighted by Gasteiger charge is 2.05. The molecule has 92 valence electrons. The van der Waals surface area contributed by atoms with Crippen LogP contribution < -0.4 is 5.32 Å². The van der Waals surface area contributed by atoms with Crippen LogP contribution >= 0.6 is 0 Å². The minimum atomic E-state index is -0.647. The van der Waals surface area contributed by atoms with Crippen molar-refractivity contribution in [1.82, 2.24) is 10.3 Å². The van der Waals surface area contributed by atoms with E-state index < -0.39 is 5.95 Å². The first-order chi connectivity index (χ1) is 8.75. The van der Waals surface area contributed by atoms with Crippen molar-refractivity contribution >= 4 is 5.91 Å². The van der Waals surface area contributed by atoms with Gasteiger partial charge in [-0.2, -0.15) is 4.39 Å². The number of rotatable bonds is 4. The third kappa shape index (κ3) is 3.38. The van der Waals surface area contributed by atoms with Gasteiger partial charge in [-0.25, -0.2) is 4.98 Å². The second-order valence-corrected chi connectivity index (χ2v) is 3.86. The molecule has 0 saturated heterocycles. The molecule has 18 heavy (non-hydrogen) atoms. The van der Waals surface area contributed by atoms with Gasteiger partial charge in [-0.1, -0.05) is 30.3 Å². The molecule has 0 unspecified atom stereocenters. The van der Waals surface area contributed by atoms with Gasteiger partial charge < -0.3 is 5.32 Å². The van der Waals surface area contributed by atoms with Gasteiger partial charge in [-0.05, 0) is 18.1 Å². The quantitative estimate of drug-likeness (QED) is 0.838. The van der Waals surface area contributed by atoms with E-state index >= 15 is 0 Å². The lowest BCUT2D eigenvalue weighted by Crippen LogP contribution is -2.25. The molecule has 0 saturated carbocycles. The lowest BCUT2D eigenvalue weighted by molar-refractivity contribution is 0.0953. The molecule has 0 fully saturated rings. The van der Waals surface area contributed by atoms with Crippen LogP contribution in [0.1, 0.15) is 15.9 Å². The molecule has 0 spiro atoms. The highest BCUT2D eigenvalue weighted by Crippen LogP contribution is 2.01. The van der Waals surface area contributed by atoms with Gasteiger partial charge in [0.2, 0.25) is 5.95 Å². The van der Waals surface area contributed by atoms with E-state index in [0.29, 0.717) is 6.54 Å². The van der Waals surface area contributed by atoms with E-state index in [9.17, 15) is 9.18 Å². The fourth-order valence-electron chi connectivity index (χ4n) is 1.61. The zero-order chi connectivity index (χ0) is 12.8. The lowest BCUT2D eigenvalue weighted by atomic mass is 10.1. The van der Waals surface area contributed by atoms with Crippen LogP contribution in [0, 0.1) is 5.95 Å². The van der Waals surface area contributed by atoms with Crippen LogP contribution in [-0.2, 0) is 6.42 Å². The van der Waals surface area contributed by atoms with Crippen LogP contribution in [0.3, 0.4) is 0 Å². The maximum Gasteiger partial charge on any atom is 0.251 e. The molecule has 0 bridgehead atoms. The normalized spacial score (nSPS) is 10.1. The Balaban J connectivity index is 1.86. The number of nitrogens with zero attached hydrogens (tertiary/aromatic N) is 1. The smallest absolute Gasteiger partial charge is 0.251 e. The highest BCUT2D eigenvalue weighted by molar-refractivity contribution is 5.93. The molecular formula is C14H13FN2O. The predicted molar refractivity (Wildman–Crippen MR) is 66.7 cm³/mol. The maximum atomic E-state index is 12.8. The predicted octanol–water partition coefficient (Wildman–Crippen LogP) is 2.19. The summed E-state index contributed by atoms with van der Waals surface area (Å²) in [4.78, 5) is 15.1. The first-order valence-electron chi connectivity index (χ1n) is 5.69. The van der Waals surface area contributed by atoms with E-state index in [2.05, 4.69) is 10.3 Å². The average molecular weight is 244 g/mol. The Bertz CT molecular complexity index is 528. The van der Waals surface area contributed by atoms with Crippen LogP contribution in [0.15, 0.2) is 48.7 Å². The van der Waals surface area contributed by atoms with Crippen LogP contribution in [-0.4, -0.2) is 17.4 Å². The fraction of sp³-hybridized carbons (Fsp3) is 0.143. The SMILES string of the molecule is O=C(NCCc1ccccc1)c1ccnc(F)c1. The Hall–Kier alpha value is -2.23. The summed E-state index contributed by atoms with van der Waals surface area (Å²) in [7, 11) is 0. The van der Waals surface area contributed by atoms with Gasteiger partial charge in [-0.15, -0.1) is 0 Å². The zero-order valence-corrected chi connectivity index (χ0v) is 9.77. The van der Waals surface area contributed by atoms with Gasteiger partial charge in [0.1, 0.15) is 0 Å². The molecule has 4 heteroatoms. The molecule has 0 aliphatic heterocycles. The summed E-state index contributed by atoms with van der Waals surface area (Å²) in [6.45, 7) is 0.521. The molecule has 0 aliphatic rings. The number of carbonyl (C=O) groups excluding carboxylic acids is 1. The van der Waals surface area contributed by atoms with Crippen molar-refractivity contribution in [2.45, 2.75) is 6.42 Å². The first-order valence-corrected chi connectivity index (χ1v) is 5.69. The molecule has 0 aliphatic carbocycles. The topological polar surface area (TPSA) is 42.0 Å². The van der Waals surface area contributed by atoms with Gasteiger partial charge in [0.15, 0.2) is 0 Å². The van der Waals surface area contributed by atoms with Crippen molar-refractivity contribution in [3.8, 4) is 0 Å². The summed E-state index contributed by atoms with van der Waals surface area (Å²) in [5, 5.41) is 2.74. The fourth-order valence-corrected chi connectivity index (χ4v) is 1.61. The van der Waals surface area contributed by atoms with Gasteiger partial charge in [0.25, 0.3) is 5.91 Å². The molecule has 1 aromatic heterocycles. The van der Waals surface area contributed by atoms with E-state index in [4.69, 9.17) is 0 Å². The van der Waals surface area contributed by atoms with Gasteiger partial charge in [0.05, 0.1) is 0 Å². The monoisotopic (exact) mass is 244 g/mol. The molecule has 0 atom stereocenters. The third-order valence-corrected chi connectivity index (χ3v) is 2.53. The molecule has 1 N–H and O–H groups in total. The number of benzene rings is 1. The van der Waals surface area contributed by atoms with E-state index in [1.165, 1.54) is 12.3 Å². The summed E-state index contributed by atoms with van der Waals surface area (Å²) in [5.41, 5.74) is 1.44.